The van der Waals surface area contributed by atoms with Crippen LogP contribution in [0.4, 0.5) is 0 Å². The minimum atomic E-state index is -0.466. The van der Waals surface area contributed by atoms with E-state index in [9.17, 15) is 5.11 Å². The van der Waals surface area contributed by atoms with Gasteiger partial charge in [-0.2, -0.15) is 0 Å². The number of hydrogen-bond donors (Lipinski definition) is 1. The van der Waals surface area contributed by atoms with Crippen molar-refractivity contribution in [1.29, 1.82) is 0 Å². The van der Waals surface area contributed by atoms with Crippen molar-refractivity contribution in [3.63, 3.8) is 0 Å². The van der Waals surface area contributed by atoms with Gasteiger partial charge in [0.1, 0.15) is 5.60 Å². The van der Waals surface area contributed by atoms with Gasteiger partial charge in [-0.15, -0.1) is 0 Å². The molecule has 3 nitrogen and oxygen atoms in total. The summed E-state index contributed by atoms with van der Waals surface area (Å²) < 4.78 is 12.5. The Morgan fingerprint density at radius 2 is 2.00 bits per heavy atom. The molecule has 1 aliphatic rings. The lowest BCUT2D eigenvalue weighted by Gasteiger charge is -2.50. The maximum Gasteiger partial charge on any atom is 0.106 e. The summed E-state index contributed by atoms with van der Waals surface area (Å²) in [5, 5.41) is 9.58. The Hall–Kier alpha value is -0.170. The lowest BCUT2D eigenvalue weighted by atomic mass is 9.83. The SMILES string of the molecule is CC1(C)CC[C@H](OCc2ccccc2)[C@](C)([C@@H](I)CO)O1. The zero-order chi connectivity index (χ0) is 15.5. The first-order valence-electron chi connectivity index (χ1n) is 7.48. The van der Waals surface area contributed by atoms with Gasteiger partial charge in [0.25, 0.3) is 0 Å². The van der Waals surface area contributed by atoms with Crippen molar-refractivity contribution in [1.82, 2.24) is 0 Å². The number of halogens is 1. The van der Waals surface area contributed by atoms with Crippen LogP contribution in [0.15, 0.2) is 30.3 Å². The highest BCUT2D eigenvalue weighted by molar-refractivity contribution is 14.1. The predicted molar refractivity (Wildman–Crippen MR) is 92.7 cm³/mol. The van der Waals surface area contributed by atoms with Gasteiger partial charge in [-0.25, -0.2) is 0 Å². The van der Waals surface area contributed by atoms with Crippen LogP contribution < -0.4 is 0 Å². The van der Waals surface area contributed by atoms with Crippen LogP contribution in [0.5, 0.6) is 0 Å². The summed E-state index contributed by atoms with van der Waals surface area (Å²) in [6.45, 7) is 6.97. The first-order chi connectivity index (χ1) is 9.87. The fourth-order valence-electron chi connectivity index (χ4n) is 2.94. The second kappa shape index (κ2) is 6.94. The highest BCUT2D eigenvalue weighted by Gasteiger charge is 2.49. The Morgan fingerprint density at radius 3 is 2.62 bits per heavy atom. The van der Waals surface area contributed by atoms with Gasteiger partial charge < -0.3 is 14.6 Å². The second-order valence-corrected chi connectivity index (χ2v) is 8.02. The molecule has 1 heterocycles. The Bertz CT molecular complexity index is 449. The van der Waals surface area contributed by atoms with Crippen molar-refractivity contribution >= 4 is 22.6 Å². The van der Waals surface area contributed by atoms with Crippen LogP contribution in [0, 0.1) is 0 Å². The van der Waals surface area contributed by atoms with Crippen LogP contribution in [0.3, 0.4) is 0 Å². The van der Waals surface area contributed by atoms with E-state index < -0.39 is 5.60 Å². The molecule has 0 amide bonds. The first-order valence-corrected chi connectivity index (χ1v) is 8.72. The molecule has 0 saturated carbocycles. The summed E-state index contributed by atoms with van der Waals surface area (Å²) in [6.07, 6.45) is 1.92. The molecule has 4 heteroatoms. The number of rotatable bonds is 5. The summed E-state index contributed by atoms with van der Waals surface area (Å²) in [5.74, 6) is 0. The molecule has 2 rings (SSSR count). The van der Waals surface area contributed by atoms with Crippen molar-refractivity contribution in [3.05, 3.63) is 35.9 Å². The number of hydrogen-bond acceptors (Lipinski definition) is 3. The predicted octanol–water partition coefficient (Wildman–Crippen LogP) is 3.72. The summed E-state index contributed by atoms with van der Waals surface area (Å²) in [6, 6.07) is 10.2. The van der Waals surface area contributed by atoms with Crippen molar-refractivity contribution in [2.24, 2.45) is 0 Å². The molecular formula is C17H25IO3. The summed E-state index contributed by atoms with van der Waals surface area (Å²) in [5.41, 5.74) is 0.532. The topological polar surface area (TPSA) is 38.7 Å². The van der Waals surface area contributed by atoms with Gasteiger partial charge in [0.05, 0.1) is 28.8 Å². The van der Waals surface area contributed by atoms with E-state index in [0.717, 1.165) is 12.8 Å². The molecule has 0 spiro atoms. The summed E-state index contributed by atoms with van der Waals surface area (Å²) in [7, 11) is 0. The zero-order valence-electron chi connectivity index (χ0n) is 13.0. The minimum Gasteiger partial charge on any atom is -0.395 e. The molecule has 1 aliphatic heterocycles. The number of aliphatic hydroxyl groups excluding tert-OH is 1. The van der Waals surface area contributed by atoms with Crippen LogP contribution in [-0.2, 0) is 16.1 Å². The van der Waals surface area contributed by atoms with Crippen molar-refractivity contribution in [3.8, 4) is 0 Å². The van der Waals surface area contributed by atoms with E-state index in [1.165, 1.54) is 5.56 Å². The van der Waals surface area contributed by atoms with Crippen LogP contribution in [-0.4, -0.2) is 32.9 Å². The Morgan fingerprint density at radius 1 is 1.33 bits per heavy atom. The van der Waals surface area contributed by atoms with Crippen molar-refractivity contribution in [2.45, 2.75) is 61.5 Å². The zero-order valence-corrected chi connectivity index (χ0v) is 15.2. The van der Waals surface area contributed by atoms with Crippen LogP contribution in [0.1, 0.15) is 39.2 Å². The molecule has 0 aliphatic carbocycles. The third-order valence-corrected chi connectivity index (χ3v) is 5.85. The standard InChI is InChI=1S/C17H25IO3/c1-16(2)10-9-15(17(3,21-16)14(18)11-19)20-12-13-7-5-4-6-8-13/h4-8,14-15,19H,9-12H2,1-3H3/t14-,15-,17-/m0/s1. The third-order valence-electron chi connectivity index (χ3n) is 4.22. The van der Waals surface area contributed by atoms with E-state index in [1.807, 2.05) is 18.2 Å². The van der Waals surface area contributed by atoms with Gasteiger partial charge in [0, 0.05) is 0 Å². The molecule has 21 heavy (non-hydrogen) atoms. The summed E-state index contributed by atoms with van der Waals surface area (Å²) >= 11 is 2.27. The molecule has 0 radical (unpaired) electrons. The number of benzene rings is 1. The third kappa shape index (κ3) is 4.18. The fourth-order valence-corrected chi connectivity index (χ4v) is 3.47. The van der Waals surface area contributed by atoms with E-state index in [1.54, 1.807) is 0 Å². The van der Waals surface area contributed by atoms with E-state index in [4.69, 9.17) is 9.47 Å². The number of ether oxygens (including phenoxy) is 2. The molecule has 0 bridgehead atoms. The highest BCUT2D eigenvalue weighted by Crippen LogP contribution is 2.41. The quantitative estimate of drug-likeness (QED) is 0.601. The molecule has 3 atom stereocenters. The van der Waals surface area contributed by atoms with E-state index in [2.05, 4.69) is 55.5 Å². The van der Waals surface area contributed by atoms with E-state index in [0.29, 0.717) is 6.61 Å². The molecule has 1 saturated heterocycles. The van der Waals surface area contributed by atoms with Gasteiger partial charge in [-0.05, 0) is 39.2 Å². The smallest absolute Gasteiger partial charge is 0.106 e. The summed E-state index contributed by atoms with van der Waals surface area (Å²) in [4.78, 5) is 0. The number of alkyl halides is 1. The van der Waals surface area contributed by atoms with Gasteiger partial charge in [0.2, 0.25) is 0 Å². The molecule has 0 unspecified atom stereocenters. The number of aliphatic hydroxyl groups is 1. The lowest BCUT2D eigenvalue weighted by Crippen LogP contribution is -2.59. The molecular weight excluding hydrogens is 379 g/mol. The van der Waals surface area contributed by atoms with Crippen LogP contribution >= 0.6 is 22.6 Å². The second-order valence-electron chi connectivity index (χ2n) is 6.52. The van der Waals surface area contributed by atoms with Gasteiger partial charge in [0.15, 0.2) is 0 Å². The highest BCUT2D eigenvalue weighted by atomic mass is 127. The average molecular weight is 404 g/mol. The van der Waals surface area contributed by atoms with Crippen molar-refractivity contribution < 1.29 is 14.6 Å². The molecule has 0 aromatic heterocycles. The lowest BCUT2D eigenvalue weighted by molar-refractivity contribution is -0.231. The largest absolute Gasteiger partial charge is 0.395 e. The van der Waals surface area contributed by atoms with Crippen molar-refractivity contribution in [2.75, 3.05) is 6.61 Å². The van der Waals surface area contributed by atoms with Gasteiger partial charge in [-0.3, -0.25) is 0 Å². The molecule has 1 aromatic rings. The van der Waals surface area contributed by atoms with Gasteiger partial charge in [-0.1, -0.05) is 52.9 Å². The Kier molecular flexibility index (Phi) is 5.68. The fraction of sp³-hybridized carbons (Fsp3) is 0.647. The maximum absolute atomic E-state index is 9.58. The normalized spacial score (nSPS) is 30.0. The molecule has 1 aromatic carbocycles. The molecule has 1 N–H and O–H groups in total. The first kappa shape index (κ1) is 17.2. The average Bonchev–Trinajstić information content (AvgIpc) is 2.45. The van der Waals surface area contributed by atoms with Gasteiger partial charge >= 0.3 is 0 Å². The van der Waals surface area contributed by atoms with E-state index in [-0.39, 0.29) is 22.2 Å². The molecule has 118 valence electrons. The minimum absolute atomic E-state index is 0.000203. The molecule has 1 fully saturated rings. The van der Waals surface area contributed by atoms with E-state index >= 15 is 0 Å². The Balaban J connectivity index is 2.09. The Labute approximate surface area is 141 Å². The monoisotopic (exact) mass is 404 g/mol. The van der Waals surface area contributed by atoms with Crippen LogP contribution in [0.25, 0.3) is 0 Å². The maximum atomic E-state index is 9.58. The van der Waals surface area contributed by atoms with Crippen LogP contribution in [0.2, 0.25) is 0 Å².